The Morgan fingerprint density at radius 3 is 1.57 bits per heavy atom. The van der Waals surface area contributed by atoms with E-state index < -0.39 is 0 Å². The summed E-state index contributed by atoms with van der Waals surface area (Å²) in [6, 6.07) is 0. The zero-order valence-electron chi connectivity index (χ0n) is 3.96. The first kappa shape index (κ1) is 10.5. The number of hydrogen-bond acceptors (Lipinski definition) is 1. The van der Waals surface area contributed by atoms with Crippen LogP contribution >= 0.6 is 23.2 Å². The fourth-order valence-corrected chi connectivity index (χ4v) is 0. The Morgan fingerprint density at radius 1 is 1.43 bits per heavy atom. The molecule has 0 atom stereocenters. The topological polar surface area (TPSA) is 9.23 Å². The van der Waals surface area contributed by atoms with E-state index in [1.165, 1.54) is 0 Å². The molecule has 0 amide bonds. The van der Waals surface area contributed by atoms with Gasteiger partial charge in [0.15, 0.2) is 0 Å². The molecule has 0 aromatic carbocycles. The lowest BCUT2D eigenvalue weighted by molar-refractivity contribution is -0.0960. The van der Waals surface area contributed by atoms with Crippen LogP contribution < -0.4 is 0 Å². The largest absolute Gasteiger partial charge is 0.198 e. The first-order valence-electron chi connectivity index (χ1n) is 1.60. The van der Waals surface area contributed by atoms with E-state index in [0.717, 1.165) is 7.11 Å². The van der Waals surface area contributed by atoms with Gasteiger partial charge < -0.3 is 0 Å². The third kappa shape index (κ3) is 59.8. The van der Waals surface area contributed by atoms with E-state index in [1.54, 1.807) is 0 Å². The minimum atomic E-state index is 0.557. The lowest BCUT2D eigenvalue weighted by atomic mass is 11.0. The van der Waals surface area contributed by atoms with Gasteiger partial charge in [-0.2, -0.15) is 4.94 Å². The molecule has 4 heteroatoms. The van der Waals surface area contributed by atoms with Gasteiger partial charge in [-0.05, 0) is 4.53 Å². The molecular weight excluding hydrogens is 142 g/mol. The van der Waals surface area contributed by atoms with Crippen molar-refractivity contribution in [3.8, 4) is 0 Å². The third-order valence-electron chi connectivity index (χ3n) is 0.0714. The normalized spacial score (nSPS) is 6.86. The van der Waals surface area contributed by atoms with Crippen LogP contribution in [0, 0.1) is 0 Å². The fraction of sp³-hybridized carbons (Fsp3) is 1.00. The molecule has 0 aromatic heterocycles. The molecule has 7 heavy (non-hydrogen) atoms. The van der Waals surface area contributed by atoms with E-state index in [1.807, 2.05) is 0 Å². The number of rotatable bonds is 1. The van der Waals surface area contributed by atoms with Gasteiger partial charge in [0.1, 0.15) is 0 Å². The van der Waals surface area contributed by atoms with Crippen LogP contribution in [-0.2, 0) is 4.94 Å². The van der Waals surface area contributed by atoms with Crippen molar-refractivity contribution in [2.24, 2.45) is 0 Å². The summed E-state index contributed by atoms with van der Waals surface area (Å²) in [4.78, 5) is 2.75. The zero-order valence-corrected chi connectivity index (χ0v) is 5.47. The van der Waals surface area contributed by atoms with E-state index in [2.05, 4.69) is 4.94 Å². The first-order valence-corrected chi connectivity index (χ1v) is 2.67. The second-order valence-electron chi connectivity index (χ2n) is 0.532. The predicted molar refractivity (Wildman–Crippen MR) is 29.6 cm³/mol. The molecule has 0 aliphatic heterocycles. The number of halogens is 3. The van der Waals surface area contributed by atoms with Gasteiger partial charge in [0.05, 0.1) is 7.11 Å². The summed E-state index contributed by atoms with van der Waals surface area (Å²) in [6.45, 7) is 0. The van der Waals surface area contributed by atoms with Crippen LogP contribution in [0.4, 0.5) is 4.53 Å². The average molecular weight is 149 g/mol. The van der Waals surface area contributed by atoms with Crippen LogP contribution in [-0.4, -0.2) is 18.9 Å². The average Bonchev–Trinajstić information content (AvgIpc) is 1.69. The quantitative estimate of drug-likeness (QED) is 0.518. The van der Waals surface area contributed by atoms with E-state index in [4.69, 9.17) is 23.2 Å². The number of hydrogen-bond donors (Lipinski definition) is 0. The van der Waals surface area contributed by atoms with Crippen LogP contribution in [0.25, 0.3) is 0 Å². The molecule has 0 spiro atoms. The minimum absolute atomic E-state index is 0.557. The van der Waals surface area contributed by atoms with Crippen LogP contribution in [0.5, 0.6) is 0 Å². The molecule has 0 N–H and O–H groups in total. The lowest BCUT2D eigenvalue weighted by Crippen LogP contribution is -1.63. The predicted octanol–water partition coefficient (Wildman–Crippen LogP) is 1.98. The lowest BCUT2D eigenvalue weighted by Gasteiger charge is -1.63. The highest BCUT2D eigenvalue weighted by atomic mass is 35.5. The SMILES string of the molecule is COF.ClCCCl. The van der Waals surface area contributed by atoms with Gasteiger partial charge in [0.25, 0.3) is 0 Å². The molecule has 0 bridgehead atoms. The molecule has 0 unspecified atom stereocenters. The summed E-state index contributed by atoms with van der Waals surface area (Å²) in [5.74, 6) is 1.11. The van der Waals surface area contributed by atoms with Crippen LogP contribution in [0.15, 0.2) is 0 Å². The van der Waals surface area contributed by atoms with Gasteiger partial charge in [0.2, 0.25) is 0 Å². The van der Waals surface area contributed by atoms with E-state index in [9.17, 15) is 4.53 Å². The summed E-state index contributed by atoms with van der Waals surface area (Å²) in [6.07, 6.45) is 0. The molecule has 0 heterocycles. The van der Waals surface area contributed by atoms with Crippen molar-refractivity contribution in [2.45, 2.75) is 0 Å². The maximum atomic E-state index is 9.79. The standard InChI is InChI=1S/C2H4Cl2.CH3FO/c3-1-2-4;1-3-2/h1-2H2;1H3. The highest BCUT2D eigenvalue weighted by Crippen LogP contribution is 1.75. The van der Waals surface area contributed by atoms with E-state index in [0.29, 0.717) is 11.8 Å². The second kappa shape index (κ2) is 16.1. The smallest absolute Gasteiger partial charge is 0.0766 e. The third-order valence-corrected chi connectivity index (χ3v) is 0.643. The molecule has 0 saturated heterocycles. The fourth-order valence-electron chi connectivity index (χ4n) is 0. The first-order chi connectivity index (χ1) is 3.33. The maximum Gasteiger partial charge on any atom is 0.0766 e. The number of alkyl halides is 2. The van der Waals surface area contributed by atoms with Gasteiger partial charge in [0, 0.05) is 11.8 Å². The summed E-state index contributed by atoms with van der Waals surface area (Å²) in [5, 5.41) is 0. The summed E-state index contributed by atoms with van der Waals surface area (Å²) in [5.41, 5.74) is 0. The highest BCUT2D eigenvalue weighted by Gasteiger charge is 1.61. The zero-order chi connectivity index (χ0) is 6.12. The van der Waals surface area contributed by atoms with Crippen LogP contribution in [0.3, 0.4) is 0 Å². The monoisotopic (exact) mass is 148 g/mol. The Bertz CT molecular complexity index is 20.4. The minimum Gasteiger partial charge on any atom is -0.198 e. The molecule has 0 radical (unpaired) electrons. The molecule has 46 valence electrons. The van der Waals surface area contributed by atoms with Gasteiger partial charge in [-0.25, -0.2) is 0 Å². The Morgan fingerprint density at radius 2 is 1.57 bits per heavy atom. The molecule has 0 fully saturated rings. The summed E-state index contributed by atoms with van der Waals surface area (Å²) < 4.78 is 9.79. The van der Waals surface area contributed by atoms with Crippen molar-refractivity contribution in [1.29, 1.82) is 0 Å². The molecule has 0 aliphatic rings. The van der Waals surface area contributed by atoms with Crippen molar-refractivity contribution >= 4 is 23.2 Å². The van der Waals surface area contributed by atoms with Crippen molar-refractivity contribution in [3.63, 3.8) is 0 Å². The summed E-state index contributed by atoms with van der Waals surface area (Å²) in [7, 11) is 0.958. The Kier molecular flexibility index (Phi) is 24.0. The molecule has 0 aliphatic carbocycles. The van der Waals surface area contributed by atoms with Crippen molar-refractivity contribution in [1.82, 2.24) is 0 Å². The van der Waals surface area contributed by atoms with E-state index in [-0.39, 0.29) is 0 Å². The van der Waals surface area contributed by atoms with Gasteiger partial charge >= 0.3 is 0 Å². The van der Waals surface area contributed by atoms with Crippen LogP contribution in [0.2, 0.25) is 0 Å². The van der Waals surface area contributed by atoms with Crippen molar-refractivity contribution in [3.05, 3.63) is 0 Å². The molecule has 0 aromatic rings. The Labute approximate surface area is 52.3 Å². The Balaban J connectivity index is 0. The summed E-state index contributed by atoms with van der Waals surface area (Å²) >= 11 is 10.1. The van der Waals surface area contributed by atoms with Crippen molar-refractivity contribution < 1.29 is 9.47 Å². The van der Waals surface area contributed by atoms with Gasteiger partial charge in [-0.3, -0.25) is 0 Å². The second-order valence-corrected chi connectivity index (χ2v) is 1.29. The highest BCUT2D eigenvalue weighted by molar-refractivity contribution is 6.25. The molecule has 1 nitrogen and oxygen atoms in total. The van der Waals surface area contributed by atoms with Gasteiger partial charge in [-0.1, -0.05) is 0 Å². The molecule has 0 rings (SSSR count). The van der Waals surface area contributed by atoms with Crippen molar-refractivity contribution in [2.75, 3.05) is 18.9 Å². The molecular formula is C3H7Cl2FO. The van der Waals surface area contributed by atoms with E-state index >= 15 is 0 Å². The Hall–Kier alpha value is 0.470. The molecule has 0 saturated carbocycles. The maximum absolute atomic E-state index is 9.79. The van der Waals surface area contributed by atoms with Crippen LogP contribution in [0.1, 0.15) is 0 Å². The van der Waals surface area contributed by atoms with Gasteiger partial charge in [-0.15, -0.1) is 23.2 Å².